The van der Waals surface area contributed by atoms with E-state index >= 15 is 0 Å². The van der Waals surface area contributed by atoms with Gasteiger partial charge in [-0.15, -0.1) is 0 Å². The van der Waals surface area contributed by atoms with Crippen LogP contribution in [0.2, 0.25) is 5.02 Å². The van der Waals surface area contributed by atoms with Crippen molar-refractivity contribution in [3.63, 3.8) is 0 Å². The first kappa shape index (κ1) is 27.5. The lowest BCUT2D eigenvalue weighted by Crippen LogP contribution is -2.51. The van der Waals surface area contributed by atoms with Gasteiger partial charge in [0.05, 0.1) is 11.9 Å². The van der Waals surface area contributed by atoms with Gasteiger partial charge in [0.1, 0.15) is 12.6 Å². The van der Waals surface area contributed by atoms with E-state index in [1.807, 2.05) is 13.8 Å². The maximum atomic E-state index is 13.8. The van der Waals surface area contributed by atoms with Crippen molar-refractivity contribution in [2.75, 3.05) is 23.7 Å². The van der Waals surface area contributed by atoms with Crippen LogP contribution in [0.25, 0.3) is 0 Å². The van der Waals surface area contributed by atoms with E-state index in [1.165, 1.54) is 11.8 Å². The molecule has 2 amide bonds. The van der Waals surface area contributed by atoms with Gasteiger partial charge in [0, 0.05) is 24.2 Å². The van der Waals surface area contributed by atoms with E-state index in [-0.39, 0.29) is 18.2 Å². The van der Waals surface area contributed by atoms with Gasteiger partial charge in [0.15, 0.2) is 11.6 Å². The Morgan fingerprint density at radius 3 is 2.29 bits per heavy atom. The van der Waals surface area contributed by atoms with Gasteiger partial charge in [-0.05, 0) is 42.7 Å². The third-order valence-electron chi connectivity index (χ3n) is 4.96. The van der Waals surface area contributed by atoms with Gasteiger partial charge >= 0.3 is 0 Å². The van der Waals surface area contributed by atoms with Crippen molar-refractivity contribution < 1.29 is 26.8 Å². The normalized spacial score (nSPS) is 12.4. The number of rotatable bonds is 10. The van der Waals surface area contributed by atoms with E-state index in [0.717, 1.165) is 18.4 Å². The molecule has 7 nitrogen and oxygen atoms in total. The standard InChI is InChI=1S/C23H28ClF2N3O4S/c1-15(2)12-27-23(31)16(3)28(13-17-6-5-7-18(24)10-17)22(30)14-29(34(4,32)33)19-8-9-20(25)21(26)11-19/h5-11,15-16H,12-14H2,1-4H3,(H,27,31)/t16-/m1/s1. The SMILES string of the molecule is CC(C)CNC(=O)[C@@H](C)N(Cc1cccc(Cl)c1)C(=O)CN(c1ccc(F)c(F)c1)S(C)(=O)=O. The van der Waals surface area contributed by atoms with Crippen molar-refractivity contribution in [2.45, 2.75) is 33.4 Å². The van der Waals surface area contributed by atoms with Crippen LogP contribution in [0.3, 0.4) is 0 Å². The molecular formula is C23H28ClF2N3O4S. The third kappa shape index (κ3) is 7.66. The molecule has 186 valence electrons. The Bertz CT molecular complexity index is 1140. The fourth-order valence-corrected chi connectivity index (χ4v) is 4.18. The molecule has 0 fully saturated rings. The number of amides is 2. The molecule has 34 heavy (non-hydrogen) atoms. The minimum atomic E-state index is -4.05. The largest absolute Gasteiger partial charge is 0.354 e. The second-order valence-electron chi connectivity index (χ2n) is 8.33. The van der Waals surface area contributed by atoms with Crippen molar-refractivity contribution in [1.29, 1.82) is 0 Å². The van der Waals surface area contributed by atoms with Crippen LogP contribution in [-0.4, -0.2) is 50.5 Å². The molecule has 11 heteroatoms. The summed E-state index contributed by atoms with van der Waals surface area (Å²) >= 11 is 6.05. The van der Waals surface area contributed by atoms with E-state index in [2.05, 4.69) is 5.32 Å². The molecule has 2 aromatic carbocycles. The van der Waals surface area contributed by atoms with Crippen LogP contribution in [-0.2, 0) is 26.2 Å². The average Bonchev–Trinajstić information content (AvgIpc) is 2.74. The van der Waals surface area contributed by atoms with E-state index in [9.17, 15) is 26.8 Å². The highest BCUT2D eigenvalue weighted by Gasteiger charge is 2.30. The fourth-order valence-electron chi connectivity index (χ4n) is 3.12. The summed E-state index contributed by atoms with van der Waals surface area (Å²) in [6.45, 7) is 5.03. The topological polar surface area (TPSA) is 86.8 Å². The first-order valence-corrected chi connectivity index (χ1v) is 12.8. The zero-order valence-electron chi connectivity index (χ0n) is 19.4. The lowest BCUT2D eigenvalue weighted by atomic mass is 10.1. The molecule has 1 N–H and O–H groups in total. The van der Waals surface area contributed by atoms with E-state index in [0.29, 0.717) is 27.5 Å². The molecule has 1 atom stereocenters. The lowest BCUT2D eigenvalue weighted by molar-refractivity contribution is -0.139. The zero-order valence-corrected chi connectivity index (χ0v) is 21.0. The molecule has 0 aliphatic carbocycles. The summed E-state index contributed by atoms with van der Waals surface area (Å²) in [7, 11) is -4.05. The number of sulfonamides is 1. The molecule has 0 saturated heterocycles. The van der Waals surface area contributed by atoms with Crippen LogP contribution in [0, 0.1) is 17.6 Å². The Kier molecular flexibility index (Phi) is 9.40. The number of nitrogens with one attached hydrogen (secondary N) is 1. The first-order chi connectivity index (χ1) is 15.8. The molecule has 0 saturated carbocycles. The molecule has 0 heterocycles. The Morgan fingerprint density at radius 2 is 1.74 bits per heavy atom. The molecular weight excluding hydrogens is 488 g/mol. The van der Waals surface area contributed by atoms with Crippen LogP contribution < -0.4 is 9.62 Å². The van der Waals surface area contributed by atoms with Gasteiger partial charge in [-0.2, -0.15) is 0 Å². The second kappa shape index (κ2) is 11.6. The predicted octanol–water partition coefficient (Wildman–Crippen LogP) is 3.57. The van der Waals surface area contributed by atoms with Gasteiger partial charge in [0.25, 0.3) is 0 Å². The monoisotopic (exact) mass is 515 g/mol. The number of carbonyl (C=O) groups is 2. The Hall–Kier alpha value is -2.72. The Morgan fingerprint density at radius 1 is 1.06 bits per heavy atom. The highest BCUT2D eigenvalue weighted by atomic mass is 35.5. The summed E-state index contributed by atoms with van der Waals surface area (Å²) in [5, 5.41) is 3.19. The minimum absolute atomic E-state index is 0.0228. The van der Waals surface area contributed by atoms with Crippen molar-refractivity contribution in [3.05, 3.63) is 64.7 Å². The van der Waals surface area contributed by atoms with E-state index in [1.54, 1.807) is 24.3 Å². The summed E-state index contributed by atoms with van der Waals surface area (Å²) in [5.74, 6) is -3.34. The fraction of sp³-hybridized carbons (Fsp3) is 0.391. The highest BCUT2D eigenvalue weighted by Crippen LogP contribution is 2.22. The van der Waals surface area contributed by atoms with Crippen molar-refractivity contribution in [2.24, 2.45) is 5.92 Å². The summed E-state index contributed by atoms with van der Waals surface area (Å²) in [5.41, 5.74) is 0.414. The molecule has 2 rings (SSSR count). The van der Waals surface area contributed by atoms with Gasteiger partial charge in [0.2, 0.25) is 21.8 Å². The first-order valence-electron chi connectivity index (χ1n) is 10.5. The quantitative estimate of drug-likeness (QED) is 0.524. The second-order valence-corrected chi connectivity index (χ2v) is 10.7. The average molecular weight is 516 g/mol. The molecule has 0 radical (unpaired) electrons. The summed E-state index contributed by atoms with van der Waals surface area (Å²) in [6.07, 6.45) is 0.849. The van der Waals surface area contributed by atoms with Crippen molar-refractivity contribution >= 4 is 39.1 Å². The number of hydrogen-bond acceptors (Lipinski definition) is 4. The lowest BCUT2D eigenvalue weighted by Gasteiger charge is -2.31. The van der Waals surface area contributed by atoms with Crippen molar-refractivity contribution in [3.8, 4) is 0 Å². The van der Waals surface area contributed by atoms with Gasteiger partial charge < -0.3 is 10.2 Å². The third-order valence-corrected chi connectivity index (χ3v) is 6.34. The van der Waals surface area contributed by atoms with Gasteiger partial charge in [-0.1, -0.05) is 37.6 Å². The molecule has 0 spiro atoms. The van der Waals surface area contributed by atoms with Crippen LogP contribution in [0.5, 0.6) is 0 Å². The van der Waals surface area contributed by atoms with Crippen molar-refractivity contribution in [1.82, 2.24) is 10.2 Å². The molecule has 0 unspecified atom stereocenters. The minimum Gasteiger partial charge on any atom is -0.354 e. The number of halogens is 3. The summed E-state index contributed by atoms with van der Waals surface area (Å²) in [6, 6.07) is 8.28. The Labute approximate surface area is 203 Å². The summed E-state index contributed by atoms with van der Waals surface area (Å²) in [4.78, 5) is 27.3. The summed E-state index contributed by atoms with van der Waals surface area (Å²) < 4.78 is 52.6. The van der Waals surface area contributed by atoms with E-state index in [4.69, 9.17) is 11.6 Å². The number of carbonyl (C=O) groups excluding carboxylic acids is 2. The molecule has 0 aliphatic rings. The van der Waals surface area contributed by atoms with Gasteiger partial charge in [-0.25, -0.2) is 17.2 Å². The molecule has 0 aliphatic heterocycles. The number of benzene rings is 2. The molecule has 0 bridgehead atoms. The molecule has 2 aromatic rings. The van der Waals surface area contributed by atoms with Crippen LogP contribution in [0.4, 0.5) is 14.5 Å². The molecule has 0 aromatic heterocycles. The van der Waals surface area contributed by atoms with Crippen LogP contribution in [0.1, 0.15) is 26.3 Å². The maximum absolute atomic E-state index is 13.8. The smallest absolute Gasteiger partial charge is 0.244 e. The Balaban J connectivity index is 2.39. The van der Waals surface area contributed by atoms with Crippen LogP contribution in [0.15, 0.2) is 42.5 Å². The van der Waals surface area contributed by atoms with Crippen LogP contribution >= 0.6 is 11.6 Å². The van der Waals surface area contributed by atoms with Gasteiger partial charge in [-0.3, -0.25) is 13.9 Å². The highest BCUT2D eigenvalue weighted by molar-refractivity contribution is 7.92. The number of nitrogens with zero attached hydrogens (tertiary/aromatic N) is 2. The van der Waals surface area contributed by atoms with E-state index < -0.39 is 46.1 Å². The zero-order chi connectivity index (χ0) is 25.6. The number of hydrogen-bond donors (Lipinski definition) is 1. The number of anilines is 1. The predicted molar refractivity (Wildman–Crippen MR) is 128 cm³/mol. The maximum Gasteiger partial charge on any atom is 0.244 e.